The number of allylic oxidation sites excluding steroid dienone is 2. The van der Waals surface area contributed by atoms with Crippen LogP contribution < -0.4 is 0 Å². The summed E-state index contributed by atoms with van der Waals surface area (Å²) in [7, 11) is 0. The van der Waals surface area contributed by atoms with Crippen molar-refractivity contribution in [2.75, 3.05) is 0 Å². The summed E-state index contributed by atoms with van der Waals surface area (Å²) in [4.78, 5) is 0. The minimum Gasteiger partial charge on any atom is -0.303 e. The van der Waals surface area contributed by atoms with Gasteiger partial charge in [0.25, 0.3) is 0 Å². The molecule has 1 aliphatic rings. The molecule has 1 aliphatic carbocycles. The van der Waals surface area contributed by atoms with Gasteiger partial charge in [-0.3, -0.25) is 0 Å². The van der Waals surface area contributed by atoms with Crippen molar-refractivity contribution < 1.29 is 0 Å². The van der Waals surface area contributed by atoms with Gasteiger partial charge < -0.3 is 5.41 Å². The summed E-state index contributed by atoms with van der Waals surface area (Å²) in [6.07, 6.45) is 7.30. The molecule has 15 heavy (non-hydrogen) atoms. The van der Waals surface area contributed by atoms with Crippen molar-refractivity contribution in [1.29, 1.82) is 5.41 Å². The number of nitrogens with one attached hydrogen (secondary N) is 1. The molecule has 3 heteroatoms. The number of benzene rings is 1. The minimum absolute atomic E-state index is 0.241. The van der Waals surface area contributed by atoms with Crippen LogP contribution in [0, 0.1) is 5.41 Å². The molecule has 1 unspecified atom stereocenters. The Morgan fingerprint density at radius 3 is 2.60 bits per heavy atom. The van der Waals surface area contributed by atoms with E-state index in [0.717, 1.165) is 5.69 Å². The Kier molecular flexibility index (Phi) is 2.83. The number of nitrogens with zero attached hydrogens (tertiary/aromatic N) is 2. The summed E-state index contributed by atoms with van der Waals surface area (Å²) in [5.41, 5.74) is 1.28. The molecule has 0 heterocycles. The second-order valence-electron chi connectivity index (χ2n) is 3.20. The monoisotopic (exact) mass is 197 g/mol. The van der Waals surface area contributed by atoms with E-state index in [0.29, 0.717) is 5.71 Å². The summed E-state index contributed by atoms with van der Waals surface area (Å²) >= 11 is 0. The average Bonchev–Trinajstić information content (AvgIpc) is 2.29. The number of hydrogen-bond donors (Lipinski definition) is 1. The van der Waals surface area contributed by atoms with Crippen molar-refractivity contribution in [1.82, 2.24) is 0 Å². The van der Waals surface area contributed by atoms with Crippen molar-refractivity contribution in [3.05, 3.63) is 54.6 Å². The molecule has 0 saturated heterocycles. The average molecular weight is 197 g/mol. The first-order chi connectivity index (χ1) is 7.36. The molecule has 0 spiro atoms. The van der Waals surface area contributed by atoms with E-state index >= 15 is 0 Å². The lowest BCUT2D eigenvalue weighted by molar-refractivity contribution is 0.958. The summed E-state index contributed by atoms with van der Waals surface area (Å²) in [5.74, 6) is 0. The zero-order valence-corrected chi connectivity index (χ0v) is 8.17. The summed E-state index contributed by atoms with van der Waals surface area (Å²) in [6.45, 7) is 0. The van der Waals surface area contributed by atoms with Gasteiger partial charge in [-0.1, -0.05) is 36.4 Å². The molecule has 1 aromatic rings. The number of azo groups is 1. The summed E-state index contributed by atoms with van der Waals surface area (Å²) in [6, 6.07) is 9.29. The fourth-order valence-electron chi connectivity index (χ4n) is 1.26. The maximum absolute atomic E-state index is 7.62. The van der Waals surface area contributed by atoms with Crippen LogP contribution in [-0.2, 0) is 0 Å². The van der Waals surface area contributed by atoms with Crippen LogP contribution in [0.15, 0.2) is 64.9 Å². The topological polar surface area (TPSA) is 48.6 Å². The molecule has 0 amide bonds. The Morgan fingerprint density at radius 1 is 1.07 bits per heavy atom. The molecule has 1 aromatic carbocycles. The van der Waals surface area contributed by atoms with Crippen LogP contribution >= 0.6 is 0 Å². The molecule has 0 saturated carbocycles. The van der Waals surface area contributed by atoms with Gasteiger partial charge in [-0.15, -0.1) is 0 Å². The molecule has 0 aromatic heterocycles. The lowest BCUT2D eigenvalue weighted by atomic mass is 10.1. The molecular weight excluding hydrogens is 186 g/mol. The standard InChI is InChI=1S/C12H11N3/c13-11-8-4-5-9-12(11)15-14-10-6-2-1-3-7-10/h1-9,12-13H. The fraction of sp³-hybridized carbons (Fsp3) is 0.0833. The van der Waals surface area contributed by atoms with Gasteiger partial charge in [-0.25, -0.2) is 0 Å². The van der Waals surface area contributed by atoms with Crippen LogP contribution in [0.4, 0.5) is 5.69 Å². The Morgan fingerprint density at radius 2 is 1.87 bits per heavy atom. The normalized spacial score (nSPS) is 20.0. The van der Waals surface area contributed by atoms with Crippen LogP contribution in [0.25, 0.3) is 0 Å². The maximum Gasteiger partial charge on any atom is 0.131 e. The smallest absolute Gasteiger partial charge is 0.131 e. The number of rotatable bonds is 2. The van der Waals surface area contributed by atoms with E-state index in [1.54, 1.807) is 6.08 Å². The van der Waals surface area contributed by atoms with Crippen LogP contribution in [0.2, 0.25) is 0 Å². The lowest BCUT2D eigenvalue weighted by Gasteiger charge is -2.06. The Labute approximate surface area is 88.4 Å². The summed E-state index contributed by atoms with van der Waals surface area (Å²) in [5, 5.41) is 15.8. The SMILES string of the molecule is N=C1C=CC=CC1N=Nc1ccccc1. The van der Waals surface area contributed by atoms with Crippen LogP contribution in [0.1, 0.15) is 0 Å². The van der Waals surface area contributed by atoms with Gasteiger partial charge in [0, 0.05) is 0 Å². The molecule has 2 rings (SSSR count). The van der Waals surface area contributed by atoms with E-state index in [1.807, 2.05) is 48.6 Å². The molecule has 3 nitrogen and oxygen atoms in total. The third kappa shape index (κ3) is 2.47. The quantitative estimate of drug-likeness (QED) is 0.707. The first-order valence-corrected chi connectivity index (χ1v) is 4.75. The lowest BCUT2D eigenvalue weighted by Crippen LogP contribution is -2.13. The van der Waals surface area contributed by atoms with Gasteiger partial charge in [0.2, 0.25) is 0 Å². The van der Waals surface area contributed by atoms with E-state index in [2.05, 4.69) is 10.2 Å². The second kappa shape index (κ2) is 4.46. The molecular formula is C12H11N3. The maximum atomic E-state index is 7.62. The second-order valence-corrected chi connectivity index (χ2v) is 3.20. The highest BCUT2D eigenvalue weighted by molar-refractivity contribution is 5.99. The Bertz CT molecular complexity index is 429. The van der Waals surface area contributed by atoms with Gasteiger partial charge in [0.05, 0.1) is 11.4 Å². The van der Waals surface area contributed by atoms with Crippen molar-refractivity contribution in [2.24, 2.45) is 10.2 Å². The van der Waals surface area contributed by atoms with Crippen LogP contribution in [0.5, 0.6) is 0 Å². The van der Waals surface area contributed by atoms with Gasteiger partial charge in [-0.2, -0.15) is 10.2 Å². The highest BCUT2D eigenvalue weighted by Crippen LogP contribution is 2.13. The van der Waals surface area contributed by atoms with Crippen molar-refractivity contribution in [3.63, 3.8) is 0 Å². The zero-order chi connectivity index (χ0) is 10.5. The highest BCUT2D eigenvalue weighted by atomic mass is 15.1. The molecule has 0 radical (unpaired) electrons. The number of hydrogen-bond acceptors (Lipinski definition) is 3. The largest absolute Gasteiger partial charge is 0.303 e. The highest BCUT2D eigenvalue weighted by Gasteiger charge is 2.08. The van der Waals surface area contributed by atoms with Crippen molar-refractivity contribution in [3.8, 4) is 0 Å². The van der Waals surface area contributed by atoms with E-state index < -0.39 is 0 Å². The van der Waals surface area contributed by atoms with E-state index in [4.69, 9.17) is 5.41 Å². The van der Waals surface area contributed by atoms with Crippen LogP contribution in [-0.4, -0.2) is 11.8 Å². The fourth-order valence-corrected chi connectivity index (χ4v) is 1.26. The van der Waals surface area contributed by atoms with Gasteiger partial charge in [-0.05, 0) is 18.2 Å². The van der Waals surface area contributed by atoms with Crippen molar-refractivity contribution in [2.45, 2.75) is 6.04 Å². The van der Waals surface area contributed by atoms with Gasteiger partial charge >= 0.3 is 0 Å². The first-order valence-electron chi connectivity index (χ1n) is 4.75. The third-order valence-corrected chi connectivity index (χ3v) is 2.05. The molecule has 0 fully saturated rings. The zero-order valence-electron chi connectivity index (χ0n) is 8.17. The Hall–Kier alpha value is -2.03. The predicted molar refractivity (Wildman–Crippen MR) is 60.8 cm³/mol. The van der Waals surface area contributed by atoms with E-state index in [-0.39, 0.29) is 6.04 Å². The third-order valence-electron chi connectivity index (χ3n) is 2.05. The van der Waals surface area contributed by atoms with Gasteiger partial charge in [0.1, 0.15) is 6.04 Å². The molecule has 0 bridgehead atoms. The minimum atomic E-state index is -0.241. The van der Waals surface area contributed by atoms with Gasteiger partial charge in [0.15, 0.2) is 0 Å². The molecule has 0 aliphatic heterocycles. The molecule has 1 atom stereocenters. The van der Waals surface area contributed by atoms with E-state index in [9.17, 15) is 0 Å². The first kappa shape index (κ1) is 9.52. The van der Waals surface area contributed by atoms with E-state index in [1.165, 1.54) is 0 Å². The Balaban J connectivity index is 2.09. The summed E-state index contributed by atoms with van der Waals surface area (Å²) < 4.78 is 0. The molecule has 1 N–H and O–H groups in total. The molecule has 74 valence electrons. The van der Waals surface area contributed by atoms with Crippen molar-refractivity contribution >= 4 is 11.4 Å². The predicted octanol–water partition coefficient (Wildman–Crippen LogP) is 3.28. The van der Waals surface area contributed by atoms with Crippen LogP contribution in [0.3, 0.4) is 0 Å².